The molecule has 3 nitrogen and oxygen atoms in total. The molecule has 1 heterocycles. The van der Waals surface area contributed by atoms with Gasteiger partial charge in [-0.2, -0.15) is 0 Å². The highest BCUT2D eigenvalue weighted by Gasteiger charge is 2.24. The van der Waals surface area contributed by atoms with Gasteiger partial charge in [-0.05, 0) is 47.5 Å². The number of nitrogens with zero attached hydrogens (tertiary/aromatic N) is 2. The number of hydrogen-bond donors (Lipinski definition) is 0. The summed E-state index contributed by atoms with van der Waals surface area (Å²) < 4.78 is 5.91. The number of hydrogen-bond acceptors (Lipinski definition) is 3. The van der Waals surface area contributed by atoms with E-state index in [1.807, 2.05) is 0 Å². The van der Waals surface area contributed by atoms with Crippen molar-refractivity contribution >= 4 is 27.5 Å². The van der Waals surface area contributed by atoms with Crippen molar-refractivity contribution in [3.63, 3.8) is 0 Å². The first-order valence-electron chi connectivity index (χ1n) is 6.86. The molecule has 0 spiro atoms. The standard InChI is InChI=1S/C14H20BrClN2O/c1-3-9-4-6-10(7-5-9)14-17-11(8-19-2)12(15)13(16)18-14/h9-10H,3-8H2,1-2H3. The third kappa shape index (κ3) is 3.67. The van der Waals surface area contributed by atoms with E-state index in [9.17, 15) is 0 Å². The zero-order valence-corrected chi connectivity index (χ0v) is 13.8. The summed E-state index contributed by atoms with van der Waals surface area (Å²) in [5, 5.41) is 0.495. The largest absolute Gasteiger partial charge is 0.378 e. The Morgan fingerprint density at radius 3 is 2.53 bits per heavy atom. The van der Waals surface area contributed by atoms with E-state index in [2.05, 4.69) is 32.8 Å². The van der Waals surface area contributed by atoms with Crippen LogP contribution in [-0.4, -0.2) is 17.1 Å². The summed E-state index contributed by atoms with van der Waals surface area (Å²) >= 11 is 9.60. The molecule has 0 aromatic carbocycles. The molecule has 1 saturated carbocycles. The lowest BCUT2D eigenvalue weighted by molar-refractivity contribution is 0.180. The van der Waals surface area contributed by atoms with Gasteiger partial charge in [0.05, 0.1) is 16.8 Å². The Labute approximate surface area is 128 Å². The molecule has 5 heteroatoms. The summed E-state index contributed by atoms with van der Waals surface area (Å²) in [6.07, 6.45) is 6.17. The van der Waals surface area contributed by atoms with Crippen molar-refractivity contribution in [2.45, 2.75) is 51.6 Å². The number of halogens is 2. The Balaban J connectivity index is 2.16. The van der Waals surface area contributed by atoms with Gasteiger partial charge in [-0.15, -0.1) is 0 Å². The summed E-state index contributed by atoms with van der Waals surface area (Å²) in [4.78, 5) is 9.07. The summed E-state index contributed by atoms with van der Waals surface area (Å²) in [5.41, 5.74) is 0.843. The van der Waals surface area contributed by atoms with E-state index >= 15 is 0 Å². The molecule has 0 radical (unpaired) electrons. The predicted molar refractivity (Wildman–Crippen MR) is 80.4 cm³/mol. The molecule has 1 aliphatic carbocycles. The van der Waals surface area contributed by atoms with Crippen molar-refractivity contribution in [2.75, 3.05) is 7.11 Å². The fourth-order valence-electron chi connectivity index (χ4n) is 2.72. The zero-order chi connectivity index (χ0) is 13.8. The van der Waals surface area contributed by atoms with Crippen LogP contribution < -0.4 is 0 Å². The molecule has 106 valence electrons. The molecule has 1 aliphatic rings. The third-order valence-electron chi connectivity index (χ3n) is 3.97. The molecule has 1 aromatic heterocycles. The minimum Gasteiger partial charge on any atom is -0.378 e. The van der Waals surface area contributed by atoms with Crippen molar-refractivity contribution in [3.05, 3.63) is 21.1 Å². The normalized spacial score (nSPS) is 23.6. The number of ether oxygens (including phenoxy) is 1. The maximum Gasteiger partial charge on any atom is 0.147 e. The molecule has 0 unspecified atom stereocenters. The van der Waals surface area contributed by atoms with Crippen LogP contribution in [0.4, 0.5) is 0 Å². The Morgan fingerprint density at radius 1 is 1.26 bits per heavy atom. The van der Waals surface area contributed by atoms with Crippen LogP contribution in [-0.2, 0) is 11.3 Å². The average Bonchev–Trinajstić information content (AvgIpc) is 2.44. The molecular formula is C14H20BrClN2O. The Morgan fingerprint density at radius 2 is 1.95 bits per heavy atom. The average molecular weight is 348 g/mol. The van der Waals surface area contributed by atoms with E-state index in [0.717, 1.165) is 21.9 Å². The molecule has 1 aromatic rings. The molecule has 0 N–H and O–H groups in total. The van der Waals surface area contributed by atoms with Crippen molar-refractivity contribution in [3.8, 4) is 0 Å². The van der Waals surface area contributed by atoms with Gasteiger partial charge >= 0.3 is 0 Å². The van der Waals surface area contributed by atoms with Crippen LogP contribution >= 0.6 is 27.5 Å². The van der Waals surface area contributed by atoms with E-state index in [1.54, 1.807) is 7.11 Å². The van der Waals surface area contributed by atoms with Crippen LogP contribution in [0.5, 0.6) is 0 Å². The predicted octanol–water partition coefficient (Wildman–Crippen LogP) is 4.72. The molecule has 0 bridgehead atoms. The molecular weight excluding hydrogens is 328 g/mol. The molecule has 0 atom stereocenters. The first-order chi connectivity index (χ1) is 9.15. The van der Waals surface area contributed by atoms with Crippen molar-refractivity contribution in [1.29, 1.82) is 0 Å². The van der Waals surface area contributed by atoms with Gasteiger partial charge in [-0.25, -0.2) is 9.97 Å². The van der Waals surface area contributed by atoms with Gasteiger partial charge in [0.2, 0.25) is 0 Å². The second-order valence-corrected chi connectivity index (χ2v) is 6.34. The maximum atomic E-state index is 6.18. The summed E-state index contributed by atoms with van der Waals surface area (Å²) in [7, 11) is 1.66. The van der Waals surface area contributed by atoms with Crippen LogP contribution in [0.3, 0.4) is 0 Å². The highest BCUT2D eigenvalue weighted by Crippen LogP contribution is 2.37. The van der Waals surface area contributed by atoms with Crippen molar-refractivity contribution < 1.29 is 4.74 Å². The fourth-order valence-corrected chi connectivity index (χ4v) is 3.21. The van der Waals surface area contributed by atoms with Crippen LogP contribution in [0.15, 0.2) is 4.47 Å². The van der Waals surface area contributed by atoms with Crippen LogP contribution in [0, 0.1) is 5.92 Å². The summed E-state index contributed by atoms with van der Waals surface area (Å²) in [6.45, 7) is 2.73. The lowest BCUT2D eigenvalue weighted by atomic mass is 9.80. The minimum absolute atomic E-state index is 0.448. The highest BCUT2D eigenvalue weighted by molar-refractivity contribution is 9.10. The van der Waals surface area contributed by atoms with Crippen LogP contribution in [0.25, 0.3) is 0 Å². The Hall–Kier alpha value is -0.190. The van der Waals surface area contributed by atoms with E-state index < -0.39 is 0 Å². The summed E-state index contributed by atoms with van der Waals surface area (Å²) in [5.74, 6) is 2.21. The second-order valence-electron chi connectivity index (χ2n) is 5.19. The Bertz CT molecular complexity index is 434. The van der Waals surface area contributed by atoms with Gasteiger partial charge < -0.3 is 4.74 Å². The quantitative estimate of drug-likeness (QED) is 0.739. The van der Waals surface area contributed by atoms with Crippen molar-refractivity contribution in [1.82, 2.24) is 9.97 Å². The smallest absolute Gasteiger partial charge is 0.147 e. The van der Waals surface area contributed by atoms with Crippen molar-refractivity contribution in [2.24, 2.45) is 5.92 Å². The highest BCUT2D eigenvalue weighted by atomic mass is 79.9. The first-order valence-corrected chi connectivity index (χ1v) is 8.03. The van der Waals surface area contributed by atoms with Gasteiger partial charge in [0.15, 0.2) is 0 Å². The van der Waals surface area contributed by atoms with Gasteiger partial charge in [0, 0.05) is 13.0 Å². The minimum atomic E-state index is 0.448. The number of methoxy groups -OCH3 is 1. The van der Waals surface area contributed by atoms with Crippen LogP contribution in [0.1, 0.15) is 56.5 Å². The molecule has 0 aliphatic heterocycles. The first kappa shape index (κ1) is 15.2. The topological polar surface area (TPSA) is 35.0 Å². The van der Waals surface area contributed by atoms with Gasteiger partial charge in [0.1, 0.15) is 11.0 Å². The van der Waals surface area contributed by atoms with E-state index in [1.165, 1.54) is 32.1 Å². The fraction of sp³-hybridized carbons (Fsp3) is 0.714. The maximum absolute atomic E-state index is 6.18. The lowest BCUT2D eigenvalue weighted by Gasteiger charge is -2.27. The molecule has 1 fully saturated rings. The van der Waals surface area contributed by atoms with Crippen LogP contribution in [0.2, 0.25) is 5.15 Å². The molecule has 2 rings (SSSR count). The third-order valence-corrected chi connectivity index (χ3v) is 5.30. The summed E-state index contributed by atoms with van der Waals surface area (Å²) in [6, 6.07) is 0. The molecule has 19 heavy (non-hydrogen) atoms. The molecule has 0 saturated heterocycles. The van der Waals surface area contributed by atoms with E-state index in [4.69, 9.17) is 16.3 Å². The number of aromatic nitrogens is 2. The Kier molecular flexibility index (Phi) is 5.60. The SMILES string of the molecule is CCC1CCC(c2nc(Cl)c(Br)c(COC)n2)CC1. The monoisotopic (exact) mass is 346 g/mol. The van der Waals surface area contributed by atoms with Gasteiger partial charge in [-0.3, -0.25) is 0 Å². The zero-order valence-electron chi connectivity index (χ0n) is 11.5. The lowest BCUT2D eigenvalue weighted by Crippen LogP contribution is -2.16. The van der Waals surface area contributed by atoms with Gasteiger partial charge in [-0.1, -0.05) is 24.9 Å². The number of rotatable bonds is 4. The van der Waals surface area contributed by atoms with E-state index in [-0.39, 0.29) is 0 Å². The van der Waals surface area contributed by atoms with Gasteiger partial charge in [0.25, 0.3) is 0 Å². The second kappa shape index (κ2) is 7.00. The molecule has 0 amide bonds. The van der Waals surface area contributed by atoms with E-state index in [0.29, 0.717) is 17.7 Å².